The number of hydrogen-bond donors (Lipinski definition) is 1. The summed E-state index contributed by atoms with van der Waals surface area (Å²) >= 11 is 0. The Bertz CT molecular complexity index is 915. The Morgan fingerprint density at radius 1 is 1.00 bits per heavy atom. The Morgan fingerprint density at radius 2 is 1.67 bits per heavy atom. The van der Waals surface area contributed by atoms with E-state index in [4.69, 9.17) is 14.2 Å². The smallest absolute Gasteiger partial charge is 0.232 e. The second kappa shape index (κ2) is 11.3. The summed E-state index contributed by atoms with van der Waals surface area (Å²) in [6.07, 6.45) is 1.70. The third-order valence-electron chi connectivity index (χ3n) is 4.27. The van der Waals surface area contributed by atoms with Crippen LogP contribution >= 0.6 is 0 Å². The number of amides is 1. The lowest BCUT2D eigenvalue weighted by Crippen LogP contribution is -2.33. The highest BCUT2D eigenvalue weighted by molar-refractivity contribution is 7.92. The van der Waals surface area contributed by atoms with Crippen LogP contribution in [0.2, 0.25) is 0 Å². The van der Waals surface area contributed by atoms with Crippen molar-refractivity contribution in [2.75, 3.05) is 44.5 Å². The van der Waals surface area contributed by atoms with E-state index in [0.29, 0.717) is 36.8 Å². The molecule has 0 aliphatic rings. The molecule has 0 radical (unpaired) electrons. The van der Waals surface area contributed by atoms with Gasteiger partial charge in [0.15, 0.2) is 0 Å². The lowest BCUT2D eigenvalue weighted by atomic mass is 10.2. The van der Waals surface area contributed by atoms with E-state index in [1.54, 1.807) is 55.6 Å². The molecule has 9 heteroatoms. The number of ether oxygens (including phenoxy) is 3. The van der Waals surface area contributed by atoms with E-state index < -0.39 is 10.0 Å². The lowest BCUT2D eigenvalue weighted by molar-refractivity contribution is -0.121. The fourth-order valence-electron chi connectivity index (χ4n) is 2.80. The maximum absolute atomic E-state index is 12.2. The average molecular weight is 437 g/mol. The molecule has 0 saturated carbocycles. The van der Waals surface area contributed by atoms with E-state index in [1.807, 2.05) is 0 Å². The van der Waals surface area contributed by atoms with Crippen LogP contribution in [0.25, 0.3) is 0 Å². The van der Waals surface area contributed by atoms with Gasteiger partial charge in [-0.1, -0.05) is 12.1 Å². The zero-order valence-corrected chi connectivity index (χ0v) is 18.3. The Hall–Kier alpha value is -2.94. The maximum atomic E-state index is 12.2. The van der Waals surface area contributed by atoms with Crippen molar-refractivity contribution >= 4 is 21.6 Å². The van der Waals surface area contributed by atoms with Crippen molar-refractivity contribution in [3.63, 3.8) is 0 Å². The van der Waals surface area contributed by atoms with Crippen LogP contribution in [0.1, 0.15) is 12.8 Å². The number of para-hydroxylation sites is 2. The van der Waals surface area contributed by atoms with Crippen molar-refractivity contribution < 1.29 is 27.4 Å². The number of nitrogens with one attached hydrogen (secondary N) is 1. The molecular formula is C21H28N2O6S. The van der Waals surface area contributed by atoms with Gasteiger partial charge < -0.3 is 19.5 Å². The minimum atomic E-state index is -3.51. The number of carbonyl (C=O) groups excluding carboxylic acids is 1. The first kappa shape index (κ1) is 23.3. The van der Waals surface area contributed by atoms with Crippen molar-refractivity contribution in [3.8, 4) is 17.2 Å². The van der Waals surface area contributed by atoms with Gasteiger partial charge >= 0.3 is 0 Å². The number of methoxy groups -OCH3 is 2. The van der Waals surface area contributed by atoms with Crippen LogP contribution in [-0.4, -0.2) is 54.5 Å². The third kappa shape index (κ3) is 7.14. The number of nitrogens with zero attached hydrogens (tertiary/aromatic N) is 1. The molecular weight excluding hydrogens is 408 g/mol. The summed E-state index contributed by atoms with van der Waals surface area (Å²) in [6, 6.07) is 14.1. The quantitative estimate of drug-likeness (QED) is 0.514. The maximum Gasteiger partial charge on any atom is 0.232 e. The van der Waals surface area contributed by atoms with Gasteiger partial charge in [0.05, 0.1) is 32.7 Å². The van der Waals surface area contributed by atoms with Gasteiger partial charge in [0.2, 0.25) is 15.9 Å². The van der Waals surface area contributed by atoms with Crippen LogP contribution in [-0.2, 0) is 14.8 Å². The van der Waals surface area contributed by atoms with Crippen LogP contribution < -0.4 is 23.8 Å². The minimum Gasteiger partial charge on any atom is -0.497 e. The molecule has 0 spiro atoms. The second-order valence-corrected chi connectivity index (χ2v) is 8.39. The molecule has 164 valence electrons. The average Bonchev–Trinajstić information content (AvgIpc) is 2.74. The van der Waals surface area contributed by atoms with Gasteiger partial charge in [-0.25, -0.2) is 8.42 Å². The third-order valence-corrected chi connectivity index (χ3v) is 5.45. The van der Waals surface area contributed by atoms with E-state index in [1.165, 1.54) is 11.4 Å². The summed E-state index contributed by atoms with van der Waals surface area (Å²) in [4.78, 5) is 12.1. The van der Waals surface area contributed by atoms with Gasteiger partial charge in [-0.05, 0) is 42.8 Å². The van der Waals surface area contributed by atoms with Crippen molar-refractivity contribution in [2.24, 2.45) is 0 Å². The predicted molar refractivity (Wildman–Crippen MR) is 116 cm³/mol. The Morgan fingerprint density at radius 3 is 2.30 bits per heavy atom. The first-order valence-corrected chi connectivity index (χ1v) is 11.3. The minimum absolute atomic E-state index is 0.165. The largest absolute Gasteiger partial charge is 0.497 e. The molecule has 0 aromatic heterocycles. The summed E-state index contributed by atoms with van der Waals surface area (Å²) in [5, 5.41) is 2.77. The van der Waals surface area contributed by atoms with Gasteiger partial charge in [-0.15, -0.1) is 0 Å². The Labute approximate surface area is 177 Å². The Balaban J connectivity index is 1.77. The molecule has 2 rings (SSSR count). The molecule has 8 nitrogen and oxygen atoms in total. The number of sulfonamides is 1. The number of carbonyl (C=O) groups is 1. The Kier molecular flexibility index (Phi) is 8.79. The van der Waals surface area contributed by atoms with Crippen molar-refractivity contribution in [1.29, 1.82) is 0 Å². The summed E-state index contributed by atoms with van der Waals surface area (Å²) in [7, 11) is -0.431. The molecule has 0 fully saturated rings. The normalized spacial score (nSPS) is 10.9. The first-order chi connectivity index (χ1) is 14.3. The molecule has 30 heavy (non-hydrogen) atoms. The lowest BCUT2D eigenvalue weighted by Gasteiger charge is -2.24. The molecule has 2 aromatic rings. The van der Waals surface area contributed by atoms with Crippen molar-refractivity contribution in [2.45, 2.75) is 12.8 Å². The SMILES string of the molecule is COc1ccc(OCCNC(=O)CCCN(c2ccccc2OC)S(C)(=O)=O)cc1. The zero-order chi connectivity index (χ0) is 22.0. The van der Waals surface area contributed by atoms with Crippen LogP contribution in [0.3, 0.4) is 0 Å². The summed E-state index contributed by atoms with van der Waals surface area (Å²) in [6.45, 7) is 0.858. The molecule has 1 amide bonds. The van der Waals surface area contributed by atoms with Gasteiger partial charge in [0.1, 0.15) is 23.9 Å². The van der Waals surface area contributed by atoms with Crippen LogP contribution in [0.5, 0.6) is 17.2 Å². The van der Waals surface area contributed by atoms with E-state index >= 15 is 0 Å². The highest BCUT2D eigenvalue weighted by Crippen LogP contribution is 2.29. The predicted octanol–water partition coefficient (Wildman–Crippen LogP) is 2.45. The number of rotatable bonds is 12. The fourth-order valence-corrected chi connectivity index (χ4v) is 3.77. The van der Waals surface area contributed by atoms with Gasteiger partial charge in [-0.3, -0.25) is 9.10 Å². The molecule has 2 aromatic carbocycles. The van der Waals surface area contributed by atoms with E-state index in [9.17, 15) is 13.2 Å². The molecule has 0 aliphatic carbocycles. The second-order valence-electron chi connectivity index (χ2n) is 6.48. The molecule has 0 bridgehead atoms. The van der Waals surface area contributed by atoms with Crippen molar-refractivity contribution in [3.05, 3.63) is 48.5 Å². The molecule has 1 N–H and O–H groups in total. The number of anilines is 1. The first-order valence-electron chi connectivity index (χ1n) is 9.49. The molecule has 0 aliphatic heterocycles. The highest BCUT2D eigenvalue weighted by Gasteiger charge is 2.20. The van der Waals surface area contributed by atoms with Crippen LogP contribution in [0, 0.1) is 0 Å². The zero-order valence-electron chi connectivity index (χ0n) is 17.5. The summed E-state index contributed by atoms with van der Waals surface area (Å²) in [5.41, 5.74) is 0.454. The fraction of sp³-hybridized carbons (Fsp3) is 0.381. The summed E-state index contributed by atoms with van der Waals surface area (Å²) in [5.74, 6) is 1.72. The van der Waals surface area contributed by atoms with E-state index in [2.05, 4.69) is 5.32 Å². The van der Waals surface area contributed by atoms with Crippen LogP contribution in [0.4, 0.5) is 5.69 Å². The van der Waals surface area contributed by atoms with Gasteiger partial charge in [-0.2, -0.15) is 0 Å². The van der Waals surface area contributed by atoms with Gasteiger partial charge in [0, 0.05) is 13.0 Å². The van der Waals surface area contributed by atoms with Crippen molar-refractivity contribution in [1.82, 2.24) is 5.32 Å². The molecule has 0 unspecified atom stereocenters. The molecule has 0 atom stereocenters. The highest BCUT2D eigenvalue weighted by atomic mass is 32.2. The molecule has 0 saturated heterocycles. The topological polar surface area (TPSA) is 94.2 Å². The van der Waals surface area contributed by atoms with E-state index in [0.717, 1.165) is 12.0 Å². The molecule has 0 heterocycles. The standard InChI is InChI=1S/C21H28N2O6S/c1-27-17-10-12-18(13-11-17)29-16-14-22-21(24)9-6-15-23(30(3,25)26)19-7-4-5-8-20(19)28-2/h4-5,7-8,10-13H,6,9,14-16H2,1-3H3,(H,22,24). The van der Waals surface area contributed by atoms with E-state index in [-0.39, 0.29) is 18.9 Å². The summed E-state index contributed by atoms with van der Waals surface area (Å²) < 4.78 is 41.6. The monoisotopic (exact) mass is 436 g/mol. The van der Waals surface area contributed by atoms with Crippen LogP contribution in [0.15, 0.2) is 48.5 Å². The number of benzene rings is 2. The van der Waals surface area contributed by atoms with Gasteiger partial charge in [0.25, 0.3) is 0 Å². The number of hydrogen-bond acceptors (Lipinski definition) is 6.